The van der Waals surface area contributed by atoms with Gasteiger partial charge in [-0.25, -0.2) is 0 Å². The van der Waals surface area contributed by atoms with Crippen molar-refractivity contribution in [2.24, 2.45) is 5.92 Å². The number of rotatable bonds is 10. The van der Waals surface area contributed by atoms with E-state index >= 15 is 0 Å². The normalized spacial score (nSPS) is 12.4. The number of nitrogens with one attached hydrogen (secondary N) is 1. The van der Waals surface area contributed by atoms with E-state index < -0.39 is 5.97 Å². The maximum Gasteiger partial charge on any atom is 0.305 e. The van der Waals surface area contributed by atoms with E-state index in [1.807, 2.05) is 12.1 Å². The average molecular weight is 508 g/mol. The average Bonchev–Trinajstić information content (AvgIpc) is 3.28. The SMILES string of the molecule is Cc1cc(O[C@H](CC(C)C)c2ccc(C(=O)NCCC(=O)O)s2)ccc1-c1ccc(C(C)(C)C)cc1. The van der Waals surface area contributed by atoms with Crippen molar-refractivity contribution in [1.29, 1.82) is 0 Å². The van der Waals surface area contributed by atoms with Gasteiger partial charge in [-0.3, -0.25) is 9.59 Å². The predicted molar refractivity (Wildman–Crippen MR) is 147 cm³/mol. The van der Waals surface area contributed by atoms with Crippen LogP contribution in [-0.4, -0.2) is 23.5 Å². The van der Waals surface area contributed by atoms with Crippen LogP contribution in [0, 0.1) is 12.8 Å². The standard InChI is InChI=1S/C30H37NO4S/c1-19(2)17-25(26-13-14-27(36-26)29(34)31-16-15-28(32)33)35-23-11-12-24(20(3)18-23)21-7-9-22(10-8-21)30(4,5)6/h7-14,18-19,25H,15-17H2,1-6H3,(H,31,34)(H,32,33)/t25-/m1/s1. The number of carboxylic acids is 1. The first-order valence-corrected chi connectivity index (χ1v) is 13.2. The fraction of sp³-hybridized carbons (Fsp3) is 0.400. The molecule has 1 aromatic heterocycles. The second kappa shape index (κ2) is 11.7. The minimum Gasteiger partial charge on any atom is -0.485 e. The number of hydrogen-bond acceptors (Lipinski definition) is 4. The number of aliphatic carboxylic acids is 1. The van der Waals surface area contributed by atoms with E-state index in [2.05, 4.69) is 83.3 Å². The van der Waals surface area contributed by atoms with Gasteiger partial charge in [-0.1, -0.05) is 65.0 Å². The molecule has 0 aliphatic heterocycles. The van der Waals surface area contributed by atoms with Crippen LogP contribution in [0.1, 0.15) is 79.2 Å². The van der Waals surface area contributed by atoms with Gasteiger partial charge in [0.25, 0.3) is 5.91 Å². The number of ether oxygens (including phenoxy) is 1. The Balaban J connectivity index is 1.76. The van der Waals surface area contributed by atoms with Crippen LogP contribution in [0.5, 0.6) is 5.75 Å². The number of hydrogen-bond donors (Lipinski definition) is 2. The third-order valence-corrected chi connectivity index (χ3v) is 7.19. The van der Waals surface area contributed by atoms with Crippen LogP contribution in [-0.2, 0) is 10.2 Å². The summed E-state index contributed by atoms with van der Waals surface area (Å²) < 4.78 is 6.45. The predicted octanol–water partition coefficient (Wildman–Crippen LogP) is 7.39. The molecule has 5 nitrogen and oxygen atoms in total. The van der Waals surface area contributed by atoms with E-state index in [1.54, 1.807) is 6.07 Å². The molecule has 2 aromatic carbocycles. The van der Waals surface area contributed by atoms with Crippen molar-refractivity contribution in [3.8, 4) is 16.9 Å². The summed E-state index contributed by atoms with van der Waals surface area (Å²) in [5.74, 6) is 0.0185. The first-order valence-electron chi connectivity index (χ1n) is 12.4. The zero-order chi connectivity index (χ0) is 26.5. The molecule has 0 unspecified atom stereocenters. The minimum absolute atomic E-state index is 0.0981. The third kappa shape index (κ3) is 7.44. The Hall–Kier alpha value is -3.12. The number of carbonyl (C=O) groups is 2. The zero-order valence-corrected chi connectivity index (χ0v) is 22.9. The molecule has 0 aliphatic rings. The molecule has 3 aromatic rings. The highest BCUT2D eigenvalue weighted by atomic mass is 32.1. The molecule has 0 fully saturated rings. The van der Waals surface area contributed by atoms with Gasteiger partial charge in [0.05, 0.1) is 11.3 Å². The highest BCUT2D eigenvalue weighted by Gasteiger charge is 2.20. The number of benzene rings is 2. The van der Waals surface area contributed by atoms with Gasteiger partial charge in [0.15, 0.2) is 0 Å². The molecule has 6 heteroatoms. The van der Waals surface area contributed by atoms with Crippen molar-refractivity contribution in [3.63, 3.8) is 0 Å². The Labute approximate surface area is 218 Å². The number of thiophene rings is 1. The number of carbonyl (C=O) groups excluding carboxylic acids is 1. The molecule has 1 atom stereocenters. The van der Waals surface area contributed by atoms with Crippen LogP contribution in [0.2, 0.25) is 0 Å². The maximum absolute atomic E-state index is 12.4. The summed E-state index contributed by atoms with van der Waals surface area (Å²) in [4.78, 5) is 24.6. The third-order valence-electron chi connectivity index (χ3n) is 6.02. The highest BCUT2D eigenvalue weighted by Crippen LogP contribution is 2.35. The van der Waals surface area contributed by atoms with Gasteiger partial charge in [0.1, 0.15) is 11.9 Å². The van der Waals surface area contributed by atoms with Gasteiger partial charge >= 0.3 is 5.97 Å². The van der Waals surface area contributed by atoms with Gasteiger partial charge in [-0.15, -0.1) is 11.3 Å². The van der Waals surface area contributed by atoms with E-state index in [0.717, 1.165) is 22.6 Å². The van der Waals surface area contributed by atoms with Crippen molar-refractivity contribution in [2.75, 3.05) is 6.54 Å². The Morgan fingerprint density at radius 1 is 1.03 bits per heavy atom. The van der Waals surface area contributed by atoms with E-state index in [4.69, 9.17) is 9.84 Å². The van der Waals surface area contributed by atoms with Gasteiger partial charge in [-0.2, -0.15) is 0 Å². The Morgan fingerprint density at radius 2 is 1.72 bits per heavy atom. The van der Waals surface area contributed by atoms with E-state index in [-0.39, 0.29) is 30.4 Å². The lowest BCUT2D eigenvalue weighted by Gasteiger charge is -2.21. The second-order valence-corrected chi connectivity index (χ2v) is 11.8. The van der Waals surface area contributed by atoms with E-state index in [9.17, 15) is 9.59 Å². The van der Waals surface area contributed by atoms with Crippen molar-refractivity contribution in [3.05, 3.63) is 75.5 Å². The summed E-state index contributed by atoms with van der Waals surface area (Å²) in [5.41, 5.74) is 4.94. The van der Waals surface area contributed by atoms with Crippen molar-refractivity contribution in [1.82, 2.24) is 5.32 Å². The first kappa shape index (κ1) is 27.5. The largest absolute Gasteiger partial charge is 0.485 e. The first-order chi connectivity index (χ1) is 16.9. The molecule has 1 amide bonds. The monoisotopic (exact) mass is 507 g/mol. The maximum atomic E-state index is 12.4. The van der Waals surface area contributed by atoms with Crippen LogP contribution >= 0.6 is 11.3 Å². The minimum atomic E-state index is -0.934. The fourth-order valence-electron chi connectivity index (χ4n) is 4.02. The molecular formula is C30H37NO4S. The summed E-state index contributed by atoms with van der Waals surface area (Å²) in [6.07, 6.45) is 0.543. The highest BCUT2D eigenvalue weighted by molar-refractivity contribution is 7.14. The van der Waals surface area contributed by atoms with Gasteiger partial charge in [0, 0.05) is 11.4 Å². The zero-order valence-electron chi connectivity index (χ0n) is 22.1. The van der Waals surface area contributed by atoms with Gasteiger partial charge in [0.2, 0.25) is 0 Å². The molecule has 0 radical (unpaired) electrons. The summed E-state index contributed by atoms with van der Waals surface area (Å²) in [5, 5.41) is 11.4. The van der Waals surface area contributed by atoms with E-state index in [1.165, 1.54) is 28.0 Å². The second-order valence-electron chi connectivity index (χ2n) is 10.6. The molecule has 0 spiro atoms. The van der Waals surface area contributed by atoms with Crippen LogP contribution in [0.3, 0.4) is 0 Å². The van der Waals surface area contributed by atoms with Crippen LogP contribution in [0.4, 0.5) is 0 Å². The molecule has 0 saturated heterocycles. The van der Waals surface area contributed by atoms with Crippen molar-refractivity contribution in [2.45, 2.75) is 65.9 Å². The number of aryl methyl sites for hydroxylation is 1. The lowest BCUT2D eigenvalue weighted by molar-refractivity contribution is -0.136. The van der Waals surface area contributed by atoms with Gasteiger partial charge < -0.3 is 15.2 Å². The number of carboxylic acid groups (broad SMARTS) is 1. The smallest absolute Gasteiger partial charge is 0.305 e. The summed E-state index contributed by atoms with van der Waals surface area (Å²) >= 11 is 1.39. The van der Waals surface area contributed by atoms with Crippen LogP contribution in [0.25, 0.3) is 11.1 Å². The Bertz CT molecular complexity index is 1190. The molecule has 0 bridgehead atoms. The summed E-state index contributed by atoms with van der Waals surface area (Å²) in [6, 6.07) is 18.7. The molecule has 3 rings (SSSR count). The van der Waals surface area contributed by atoms with Crippen molar-refractivity contribution < 1.29 is 19.4 Å². The Kier molecular flexibility index (Phi) is 8.96. The fourth-order valence-corrected chi connectivity index (χ4v) is 4.98. The lowest BCUT2D eigenvalue weighted by Crippen LogP contribution is -2.25. The number of amides is 1. The molecule has 0 aliphatic carbocycles. The topological polar surface area (TPSA) is 75.6 Å². The van der Waals surface area contributed by atoms with Gasteiger partial charge in [-0.05, 0) is 71.2 Å². The van der Waals surface area contributed by atoms with E-state index in [0.29, 0.717) is 10.8 Å². The molecule has 0 saturated carbocycles. The lowest BCUT2D eigenvalue weighted by atomic mass is 9.86. The molecule has 192 valence electrons. The Morgan fingerprint density at radius 3 is 2.31 bits per heavy atom. The summed E-state index contributed by atoms with van der Waals surface area (Å²) in [6.45, 7) is 13.2. The van der Waals surface area contributed by atoms with Crippen molar-refractivity contribution >= 4 is 23.2 Å². The molecule has 1 heterocycles. The van der Waals surface area contributed by atoms with Crippen LogP contribution < -0.4 is 10.1 Å². The van der Waals surface area contributed by atoms with Crippen LogP contribution in [0.15, 0.2) is 54.6 Å². The molecule has 2 N–H and O–H groups in total. The summed E-state index contributed by atoms with van der Waals surface area (Å²) in [7, 11) is 0. The molecule has 36 heavy (non-hydrogen) atoms. The quantitative estimate of drug-likeness (QED) is 0.300. The molecular weight excluding hydrogens is 470 g/mol.